The van der Waals surface area contributed by atoms with E-state index in [2.05, 4.69) is 76.1 Å². The molecule has 1 aromatic heterocycles. The van der Waals surface area contributed by atoms with Gasteiger partial charge in [-0.15, -0.1) is 0 Å². The summed E-state index contributed by atoms with van der Waals surface area (Å²) in [4.78, 5) is 54.0. The number of hydrogen-bond acceptors (Lipinski definition) is 9. The van der Waals surface area contributed by atoms with E-state index >= 15 is 0 Å². The van der Waals surface area contributed by atoms with E-state index < -0.39 is 29.7 Å². The molecule has 3 fully saturated rings. The van der Waals surface area contributed by atoms with Crippen molar-refractivity contribution < 1.29 is 23.7 Å². The van der Waals surface area contributed by atoms with Crippen molar-refractivity contribution in [3.8, 4) is 17.2 Å². The minimum atomic E-state index is -0.981. The van der Waals surface area contributed by atoms with Gasteiger partial charge in [0.2, 0.25) is 11.8 Å². The zero-order valence-corrected chi connectivity index (χ0v) is 30.9. The quantitative estimate of drug-likeness (QED) is 0.161. The first-order valence-corrected chi connectivity index (χ1v) is 19.0. The summed E-state index contributed by atoms with van der Waals surface area (Å²) in [5.41, 5.74) is 8.47. The predicted octanol–water partition coefficient (Wildman–Crippen LogP) is 7.28. The van der Waals surface area contributed by atoms with Crippen LogP contribution in [0.1, 0.15) is 94.7 Å². The number of carbonyl (C=O) groups is 4. The summed E-state index contributed by atoms with van der Waals surface area (Å²) >= 11 is 0. The Bertz CT molecular complexity index is 2190. The maximum atomic E-state index is 13.3. The molecule has 4 aliphatic rings. The number of benzene rings is 3. The normalized spacial score (nSPS) is 21.7. The van der Waals surface area contributed by atoms with Gasteiger partial charge in [0.25, 0.3) is 11.8 Å². The van der Waals surface area contributed by atoms with E-state index in [1.165, 1.54) is 5.56 Å². The minimum Gasteiger partial charge on any atom is -0.385 e. The summed E-state index contributed by atoms with van der Waals surface area (Å²) in [5.74, 6) is -0.294. The lowest BCUT2D eigenvalue weighted by molar-refractivity contribution is -0.136. The van der Waals surface area contributed by atoms with E-state index in [0.717, 1.165) is 102 Å². The van der Waals surface area contributed by atoms with Gasteiger partial charge in [-0.1, -0.05) is 29.4 Å². The number of nitrogens with one attached hydrogen (secondary N) is 2. The Labute approximate surface area is 314 Å². The van der Waals surface area contributed by atoms with Crippen molar-refractivity contribution >= 4 is 40.7 Å². The van der Waals surface area contributed by atoms with E-state index in [1.807, 2.05) is 19.9 Å². The first kappa shape index (κ1) is 35.3. The van der Waals surface area contributed by atoms with E-state index in [4.69, 9.17) is 4.52 Å². The summed E-state index contributed by atoms with van der Waals surface area (Å²) in [7, 11) is 0. The zero-order valence-electron chi connectivity index (χ0n) is 30.9. The number of imide groups is 2. The van der Waals surface area contributed by atoms with Crippen LogP contribution in [0, 0.1) is 43.9 Å². The number of aromatic nitrogens is 1. The van der Waals surface area contributed by atoms with Crippen molar-refractivity contribution in [2.24, 2.45) is 11.8 Å². The van der Waals surface area contributed by atoms with Crippen LogP contribution in [0.25, 0.3) is 11.1 Å². The van der Waals surface area contributed by atoms with Crippen LogP contribution in [0.15, 0.2) is 65.2 Å². The summed E-state index contributed by atoms with van der Waals surface area (Å²) < 4.78 is 5.52. The lowest BCUT2D eigenvalue weighted by atomic mass is 9.81. The van der Waals surface area contributed by atoms with Gasteiger partial charge in [-0.05, 0) is 131 Å². The molecule has 1 atom stereocenters. The Morgan fingerprint density at radius 2 is 1.63 bits per heavy atom. The first-order chi connectivity index (χ1) is 26.0. The maximum absolute atomic E-state index is 13.3. The Kier molecular flexibility index (Phi) is 9.08. The molecule has 3 heterocycles. The van der Waals surface area contributed by atoms with Crippen LogP contribution >= 0.6 is 0 Å². The number of nitriles is 1. The maximum Gasteiger partial charge on any atom is 0.262 e. The topological polar surface area (TPSA) is 149 Å². The van der Waals surface area contributed by atoms with Crippen molar-refractivity contribution in [3.05, 3.63) is 94.4 Å². The molecule has 4 aromatic rings. The van der Waals surface area contributed by atoms with E-state index in [9.17, 15) is 24.4 Å². The fourth-order valence-corrected chi connectivity index (χ4v) is 8.56. The molecule has 276 valence electrons. The standard InChI is InChI=1S/C43H44N6O5/c1-25-4-9-30(39-26(2)47-54-27(39)3)20-37(25)48(33-13-10-31(11-14-33)43(24-44)18-19-43)23-29-7-5-28(6-8-29)22-45-32-12-15-34-35(21-32)42(53)49(41(34)52)36-16-17-38(50)46-40(36)51/h4,9-15,20-21,28-29,36,45H,5-8,16-19,22-23H2,1-3H3,(H,46,50,51). The highest BCUT2D eigenvalue weighted by Crippen LogP contribution is 2.48. The second-order valence-corrected chi connectivity index (χ2v) is 15.5. The van der Waals surface area contributed by atoms with Crippen LogP contribution in [0.3, 0.4) is 0 Å². The molecule has 8 rings (SSSR count). The molecule has 2 aliphatic heterocycles. The molecule has 1 unspecified atom stereocenters. The van der Waals surface area contributed by atoms with Crippen molar-refractivity contribution in [1.82, 2.24) is 15.4 Å². The molecule has 4 amide bonds. The Morgan fingerprint density at radius 1 is 0.907 bits per heavy atom. The van der Waals surface area contributed by atoms with Gasteiger partial charge in [0.15, 0.2) is 0 Å². The Morgan fingerprint density at radius 3 is 2.30 bits per heavy atom. The SMILES string of the molecule is Cc1ccc(-c2c(C)noc2C)cc1N(CC1CCC(CNc2ccc3c(c2)C(=O)N(C2CCC(=O)NC2=O)C3=O)CC1)c1ccc(C2(C#N)CC2)cc1. The van der Waals surface area contributed by atoms with Crippen LogP contribution in [0.2, 0.25) is 0 Å². The van der Waals surface area contributed by atoms with Crippen molar-refractivity contribution in [1.29, 1.82) is 5.26 Å². The van der Waals surface area contributed by atoms with Gasteiger partial charge < -0.3 is 14.7 Å². The van der Waals surface area contributed by atoms with Gasteiger partial charge in [-0.3, -0.25) is 29.4 Å². The van der Waals surface area contributed by atoms with E-state index in [0.29, 0.717) is 11.8 Å². The molecule has 2 N–H and O–H groups in total. The number of anilines is 3. The lowest BCUT2D eigenvalue weighted by Gasteiger charge is -2.35. The monoisotopic (exact) mass is 724 g/mol. The number of hydrogen-bond donors (Lipinski definition) is 2. The number of amides is 4. The molecule has 11 nitrogen and oxygen atoms in total. The summed E-state index contributed by atoms with van der Waals surface area (Å²) in [6.45, 7) is 7.68. The number of rotatable bonds is 10. The third-order valence-corrected chi connectivity index (χ3v) is 12.0. The number of carbonyl (C=O) groups excluding carboxylic acids is 4. The van der Waals surface area contributed by atoms with Crippen LogP contribution in [0.4, 0.5) is 17.1 Å². The minimum absolute atomic E-state index is 0.0875. The largest absolute Gasteiger partial charge is 0.385 e. The van der Waals surface area contributed by atoms with Crippen LogP contribution < -0.4 is 15.5 Å². The summed E-state index contributed by atoms with van der Waals surface area (Å²) in [6, 6.07) is 21.9. The second kappa shape index (κ2) is 13.9. The number of aryl methyl sites for hydroxylation is 3. The predicted molar refractivity (Wildman–Crippen MR) is 203 cm³/mol. The lowest BCUT2D eigenvalue weighted by Crippen LogP contribution is -2.54. The van der Waals surface area contributed by atoms with Crippen molar-refractivity contribution in [2.45, 2.75) is 83.6 Å². The Balaban J connectivity index is 0.946. The van der Waals surface area contributed by atoms with Crippen LogP contribution in [-0.4, -0.2) is 52.8 Å². The summed E-state index contributed by atoms with van der Waals surface area (Å²) in [6.07, 6.45) is 6.29. The Hall–Kier alpha value is -5.76. The van der Waals surface area contributed by atoms with Gasteiger partial charge in [0.05, 0.1) is 28.3 Å². The van der Waals surface area contributed by atoms with Crippen LogP contribution in [-0.2, 0) is 15.0 Å². The second-order valence-electron chi connectivity index (χ2n) is 15.5. The van der Waals surface area contributed by atoms with Gasteiger partial charge in [0.1, 0.15) is 11.8 Å². The molecule has 3 aromatic carbocycles. The fraction of sp³-hybridized carbons (Fsp3) is 0.395. The van der Waals surface area contributed by atoms with Gasteiger partial charge in [0, 0.05) is 42.1 Å². The zero-order chi connectivity index (χ0) is 37.7. The number of nitrogens with zero attached hydrogens (tertiary/aromatic N) is 4. The van der Waals surface area contributed by atoms with Gasteiger partial charge >= 0.3 is 0 Å². The smallest absolute Gasteiger partial charge is 0.262 e. The van der Waals surface area contributed by atoms with Gasteiger partial charge in [-0.2, -0.15) is 5.26 Å². The highest BCUT2D eigenvalue weighted by Gasteiger charge is 2.45. The number of fused-ring (bicyclic) bond motifs is 1. The first-order valence-electron chi connectivity index (χ1n) is 19.0. The highest BCUT2D eigenvalue weighted by molar-refractivity contribution is 6.23. The molecule has 2 saturated carbocycles. The fourth-order valence-electron chi connectivity index (χ4n) is 8.56. The average molecular weight is 725 g/mol. The van der Waals surface area contributed by atoms with Gasteiger partial charge in [-0.25, -0.2) is 0 Å². The third-order valence-electron chi connectivity index (χ3n) is 12.0. The molecular weight excluding hydrogens is 681 g/mol. The molecule has 0 bridgehead atoms. The molecule has 0 spiro atoms. The number of piperidine rings is 1. The highest BCUT2D eigenvalue weighted by atomic mass is 16.5. The third kappa shape index (κ3) is 6.44. The van der Waals surface area contributed by atoms with Crippen LogP contribution in [0.5, 0.6) is 0 Å². The average Bonchev–Trinajstić information content (AvgIpc) is 3.86. The molecule has 11 heteroatoms. The van der Waals surface area contributed by atoms with Crippen molar-refractivity contribution in [2.75, 3.05) is 23.3 Å². The summed E-state index contributed by atoms with van der Waals surface area (Å²) in [5, 5.41) is 19.8. The molecule has 0 radical (unpaired) electrons. The van der Waals surface area contributed by atoms with E-state index in [1.54, 1.807) is 12.1 Å². The molecule has 2 aliphatic carbocycles. The van der Waals surface area contributed by atoms with E-state index in [-0.39, 0.29) is 29.4 Å². The molecular formula is C43H44N6O5. The molecule has 1 saturated heterocycles. The molecule has 54 heavy (non-hydrogen) atoms. The van der Waals surface area contributed by atoms with Crippen molar-refractivity contribution in [3.63, 3.8) is 0 Å².